The van der Waals surface area contributed by atoms with Crippen LogP contribution in [0.4, 0.5) is 8.78 Å². The first-order valence-corrected chi connectivity index (χ1v) is 9.78. The number of hydrogen-bond donors (Lipinski definition) is 1. The van der Waals surface area contributed by atoms with Crippen LogP contribution in [0.5, 0.6) is 11.5 Å². The number of rotatable bonds is 7. The fraction of sp³-hybridized carbons (Fsp3) is 0.273. The van der Waals surface area contributed by atoms with E-state index in [1.54, 1.807) is 24.3 Å². The fourth-order valence-corrected chi connectivity index (χ4v) is 3.29. The highest BCUT2D eigenvalue weighted by Crippen LogP contribution is 2.25. The molecule has 158 valence electrons. The number of nitrogens with zero attached hydrogens (tertiary/aromatic N) is 1. The van der Waals surface area contributed by atoms with E-state index in [0.29, 0.717) is 28.7 Å². The molecule has 0 atom stereocenters. The lowest BCUT2D eigenvalue weighted by Gasteiger charge is -2.16. The molecule has 0 aromatic heterocycles. The minimum atomic E-state index is -0.785. The van der Waals surface area contributed by atoms with Gasteiger partial charge in [0.25, 0.3) is 5.91 Å². The normalized spacial score (nSPS) is 15.1. The van der Waals surface area contributed by atoms with Crippen molar-refractivity contribution in [2.45, 2.75) is 20.5 Å². The third kappa shape index (κ3) is 4.94. The number of hydrogen-bond acceptors (Lipinski definition) is 4. The average molecular weight is 432 g/mol. The van der Waals surface area contributed by atoms with E-state index < -0.39 is 11.6 Å². The van der Waals surface area contributed by atoms with Crippen molar-refractivity contribution in [3.8, 4) is 11.5 Å². The molecule has 5 nitrogen and oxygen atoms in total. The molecule has 1 heterocycles. The molecular weight excluding hydrogens is 410 g/mol. The van der Waals surface area contributed by atoms with E-state index in [0.717, 1.165) is 17.7 Å². The van der Waals surface area contributed by atoms with Crippen LogP contribution in [0.3, 0.4) is 0 Å². The van der Waals surface area contributed by atoms with Crippen molar-refractivity contribution in [1.29, 1.82) is 0 Å². The van der Waals surface area contributed by atoms with E-state index in [4.69, 9.17) is 21.7 Å². The van der Waals surface area contributed by atoms with Gasteiger partial charge in [0.15, 0.2) is 16.7 Å². The summed E-state index contributed by atoms with van der Waals surface area (Å²) in [6.45, 7) is 4.56. The summed E-state index contributed by atoms with van der Waals surface area (Å²) in [4.78, 5) is 14.2. The largest absolute Gasteiger partial charge is 0.496 e. The predicted octanol–water partition coefficient (Wildman–Crippen LogP) is 4.27. The number of carbonyl (C=O) groups is 1. The lowest BCUT2D eigenvalue weighted by atomic mass is 10.1. The molecule has 0 bridgehead atoms. The first-order chi connectivity index (χ1) is 14.3. The van der Waals surface area contributed by atoms with E-state index in [1.807, 2.05) is 13.8 Å². The quantitative estimate of drug-likeness (QED) is 0.523. The van der Waals surface area contributed by atoms with Crippen molar-refractivity contribution in [2.24, 2.45) is 5.92 Å². The van der Waals surface area contributed by atoms with Crippen molar-refractivity contribution in [3.05, 3.63) is 64.9 Å². The van der Waals surface area contributed by atoms with Gasteiger partial charge in [-0.05, 0) is 54.0 Å². The first kappa shape index (κ1) is 21.7. The Kier molecular flexibility index (Phi) is 6.66. The van der Waals surface area contributed by atoms with Crippen LogP contribution in [0.1, 0.15) is 25.0 Å². The molecular formula is C22H22F2N2O3S. The van der Waals surface area contributed by atoms with Crippen molar-refractivity contribution in [1.82, 2.24) is 10.2 Å². The zero-order chi connectivity index (χ0) is 21.8. The van der Waals surface area contributed by atoms with Gasteiger partial charge in [0, 0.05) is 18.2 Å². The fourth-order valence-electron chi connectivity index (χ4n) is 3.02. The van der Waals surface area contributed by atoms with Crippen molar-refractivity contribution < 1.29 is 23.0 Å². The SMILES string of the molecule is COc1ccc(/C=C2/NC(=S)N(CC(C)C)C2=O)cc1COc1ccc(F)cc1F. The number of carbonyl (C=O) groups excluding carboxylic acids is 1. The molecule has 30 heavy (non-hydrogen) atoms. The molecule has 1 saturated heterocycles. The second-order valence-electron chi connectivity index (χ2n) is 7.23. The molecule has 1 N–H and O–H groups in total. The zero-order valence-electron chi connectivity index (χ0n) is 16.9. The summed E-state index contributed by atoms with van der Waals surface area (Å²) < 4.78 is 37.7. The minimum Gasteiger partial charge on any atom is -0.496 e. The summed E-state index contributed by atoms with van der Waals surface area (Å²) in [5.74, 6) is -0.886. The van der Waals surface area contributed by atoms with Crippen molar-refractivity contribution in [2.75, 3.05) is 13.7 Å². The number of thiocarbonyl (C=S) groups is 1. The molecule has 0 spiro atoms. The third-order valence-corrected chi connectivity index (χ3v) is 4.73. The molecule has 1 fully saturated rings. The van der Waals surface area contributed by atoms with Gasteiger partial charge in [-0.2, -0.15) is 0 Å². The van der Waals surface area contributed by atoms with E-state index in [9.17, 15) is 13.6 Å². The number of nitrogens with one attached hydrogen (secondary N) is 1. The molecule has 0 unspecified atom stereocenters. The van der Waals surface area contributed by atoms with Gasteiger partial charge in [0.1, 0.15) is 23.9 Å². The molecule has 2 aromatic rings. The second-order valence-corrected chi connectivity index (χ2v) is 7.62. The molecule has 0 radical (unpaired) electrons. The smallest absolute Gasteiger partial charge is 0.276 e. The third-order valence-electron chi connectivity index (χ3n) is 4.40. The molecule has 3 rings (SSSR count). The van der Waals surface area contributed by atoms with E-state index in [2.05, 4.69) is 5.32 Å². The van der Waals surface area contributed by atoms with Crippen LogP contribution in [-0.2, 0) is 11.4 Å². The van der Waals surface area contributed by atoms with Gasteiger partial charge < -0.3 is 14.8 Å². The standard InChI is InChI=1S/C22H22F2N2O3S/c1-13(2)11-26-21(27)18(25-22(26)30)9-14-4-6-19(28-3)15(8-14)12-29-20-7-5-16(23)10-17(20)24/h4-10,13H,11-12H2,1-3H3,(H,25,30)/b18-9+. The maximum absolute atomic E-state index is 13.8. The summed E-state index contributed by atoms with van der Waals surface area (Å²) in [6, 6.07) is 8.41. The summed E-state index contributed by atoms with van der Waals surface area (Å²) in [5, 5.41) is 3.33. The van der Waals surface area contributed by atoms with E-state index in [-0.39, 0.29) is 24.2 Å². The molecule has 2 aromatic carbocycles. The lowest BCUT2D eigenvalue weighted by Crippen LogP contribution is -2.33. The number of benzene rings is 2. The van der Waals surface area contributed by atoms with Crippen LogP contribution >= 0.6 is 12.2 Å². The Labute approximate surface area is 179 Å². The van der Waals surface area contributed by atoms with Crippen LogP contribution in [0, 0.1) is 17.6 Å². The van der Waals surface area contributed by atoms with Gasteiger partial charge in [0.2, 0.25) is 0 Å². The van der Waals surface area contributed by atoms with Crippen LogP contribution < -0.4 is 14.8 Å². The van der Waals surface area contributed by atoms with Crippen molar-refractivity contribution in [3.63, 3.8) is 0 Å². The Bertz CT molecular complexity index is 1010. The average Bonchev–Trinajstić information content (AvgIpc) is 2.94. The molecule has 1 amide bonds. The number of methoxy groups -OCH3 is 1. The van der Waals surface area contributed by atoms with Crippen LogP contribution in [0.15, 0.2) is 42.1 Å². The Hall–Kier alpha value is -3.00. The summed E-state index contributed by atoms with van der Waals surface area (Å²) in [5.41, 5.74) is 1.74. The lowest BCUT2D eigenvalue weighted by molar-refractivity contribution is -0.122. The molecule has 8 heteroatoms. The second kappa shape index (κ2) is 9.21. The number of halogens is 2. The van der Waals surface area contributed by atoms with E-state index >= 15 is 0 Å². The Morgan fingerprint density at radius 1 is 1.17 bits per heavy atom. The van der Waals surface area contributed by atoms with Crippen LogP contribution in [-0.4, -0.2) is 29.6 Å². The highest BCUT2D eigenvalue weighted by Gasteiger charge is 2.30. The van der Waals surface area contributed by atoms with Gasteiger partial charge in [-0.25, -0.2) is 8.78 Å². The Morgan fingerprint density at radius 3 is 2.57 bits per heavy atom. The van der Waals surface area contributed by atoms with Gasteiger partial charge in [-0.15, -0.1) is 0 Å². The zero-order valence-corrected chi connectivity index (χ0v) is 17.7. The Balaban J connectivity index is 1.81. The summed E-state index contributed by atoms with van der Waals surface area (Å²) in [7, 11) is 1.51. The van der Waals surface area contributed by atoms with Gasteiger partial charge in [0.05, 0.1) is 7.11 Å². The maximum atomic E-state index is 13.8. The topological polar surface area (TPSA) is 50.8 Å². The molecule has 1 aliphatic rings. The highest BCUT2D eigenvalue weighted by molar-refractivity contribution is 7.80. The van der Waals surface area contributed by atoms with Gasteiger partial charge >= 0.3 is 0 Å². The summed E-state index contributed by atoms with van der Waals surface area (Å²) >= 11 is 5.26. The van der Waals surface area contributed by atoms with Gasteiger partial charge in [-0.1, -0.05) is 19.9 Å². The monoisotopic (exact) mass is 432 g/mol. The van der Waals surface area contributed by atoms with Crippen molar-refractivity contribution >= 4 is 29.3 Å². The highest BCUT2D eigenvalue weighted by atomic mass is 32.1. The summed E-state index contributed by atoms with van der Waals surface area (Å²) in [6.07, 6.45) is 1.69. The van der Waals surface area contributed by atoms with Gasteiger partial charge in [-0.3, -0.25) is 9.69 Å². The predicted molar refractivity (Wildman–Crippen MR) is 114 cm³/mol. The van der Waals surface area contributed by atoms with Crippen LogP contribution in [0.25, 0.3) is 6.08 Å². The Morgan fingerprint density at radius 2 is 1.90 bits per heavy atom. The maximum Gasteiger partial charge on any atom is 0.276 e. The van der Waals surface area contributed by atoms with E-state index in [1.165, 1.54) is 18.1 Å². The minimum absolute atomic E-state index is 0.00198. The molecule has 0 saturated carbocycles. The van der Waals surface area contributed by atoms with Crippen LogP contribution in [0.2, 0.25) is 0 Å². The first-order valence-electron chi connectivity index (χ1n) is 9.37. The molecule has 1 aliphatic heterocycles. The molecule has 0 aliphatic carbocycles. The number of ether oxygens (including phenoxy) is 2. The number of amides is 1.